The fourth-order valence-corrected chi connectivity index (χ4v) is 2.83. The van der Waals surface area contributed by atoms with Crippen LogP contribution < -0.4 is 5.73 Å². The number of pyridine rings is 1. The molecule has 0 aliphatic carbocycles. The second-order valence-electron chi connectivity index (χ2n) is 6.83. The van der Waals surface area contributed by atoms with Gasteiger partial charge in [-0.1, -0.05) is 18.2 Å². The van der Waals surface area contributed by atoms with Crippen LogP contribution in [0.3, 0.4) is 0 Å². The molecular weight excluding hydrogens is 382 g/mol. The Morgan fingerprint density at radius 1 is 1.00 bits per heavy atom. The lowest BCUT2D eigenvalue weighted by atomic mass is 10.1. The summed E-state index contributed by atoms with van der Waals surface area (Å²) in [6.45, 7) is 1.81. The van der Waals surface area contributed by atoms with E-state index in [-0.39, 0.29) is 22.0 Å². The first kappa shape index (κ1) is 19.2. The quantitative estimate of drug-likeness (QED) is 0.544. The lowest BCUT2D eigenvalue weighted by molar-refractivity contribution is 0.0827. The van der Waals surface area contributed by atoms with Crippen LogP contribution in [-0.4, -0.2) is 50.1 Å². The van der Waals surface area contributed by atoms with Crippen molar-refractivity contribution >= 4 is 11.7 Å². The highest BCUT2D eigenvalue weighted by Crippen LogP contribution is 2.26. The van der Waals surface area contributed by atoms with E-state index in [0.717, 1.165) is 5.56 Å². The van der Waals surface area contributed by atoms with Crippen molar-refractivity contribution in [2.75, 3.05) is 19.8 Å². The standard InChI is InChI=1S/C21H19N7O2.3H2/c1-12-18(20-27-26-19(30-20)15-5-4-6-17(22)24-15)25-16(11-23-12)13-7-9-14(10-8-13)21(29)28(2)3;;;/h4-11H,1-3H3,(H2,22,24);3*1H. The SMILES string of the molecule is Cc1ncc(-c2ccc(C(=O)N(C)C)cc2)nc1-c1nnc(-c2cccc(N)n2)o1.[HH].[HH].[HH]. The van der Waals surface area contributed by atoms with Gasteiger partial charge in [-0.05, 0) is 31.2 Å². The number of anilines is 1. The maximum atomic E-state index is 12.1. The monoisotopic (exact) mass is 407 g/mol. The molecule has 0 radical (unpaired) electrons. The Morgan fingerprint density at radius 2 is 1.73 bits per heavy atom. The van der Waals surface area contributed by atoms with Gasteiger partial charge in [0.2, 0.25) is 0 Å². The minimum Gasteiger partial charge on any atom is -0.413 e. The fraction of sp³-hybridized carbons (Fsp3) is 0.143. The summed E-state index contributed by atoms with van der Waals surface area (Å²) < 4.78 is 5.77. The molecule has 4 rings (SSSR count). The summed E-state index contributed by atoms with van der Waals surface area (Å²) in [7, 11) is 3.43. The highest BCUT2D eigenvalue weighted by Gasteiger charge is 2.17. The Labute approximate surface area is 177 Å². The Kier molecular flexibility index (Phi) is 4.93. The molecule has 0 aliphatic heterocycles. The lowest BCUT2D eigenvalue weighted by Gasteiger charge is -2.10. The van der Waals surface area contributed by atoms with Crippen LogP contribution >= 0.6 is 0 Å². The maximum Gasteiger partial charge on any atom is 0.268 e. The summed E-state index contributed by atoms with van der Waals surface area (Å²) >= 11 is 0. The molecule has 9 heteroatoms. The van der Waals surface area contributed by atoms with Crippen molar-refractivity contribution < 1.29 is 13.5 Å². The molecule has 2 N–H and O–H groups in total. The third-order valence-electron chi connectivity index (χ3n) is 4.41. The lowest BCUT2D eigenvalue weighted by Crippen LogP contribution is -2.21. The molecular formula is C21H25N7O2. The normalized spacial score (nSPS) is 10.8. The summed E-state index contributed by atoms with van der Waals surface area (Å²) in [6, 6.07) is 12.4. The number of carbonyl (C=O) groups is 1. The van der Waals surface area contributed by atoms with Crippen molar-refractivity contribution in [3.8, 4) is 34.4 Å². The zero-order valence-corrected chi connectivity index (χ0v) is 16.7. The number of rotatable bonds is 4. The molecule has 0 saturated carbocycles. The minimum absolute atomic E-state index is 0. The number of hydrogen-bond acceptors (Lipinski definition) is 8. The predicted octanol–water partition coefficient (Wildman–Crippen LogP) is 3.59. The van der Waals surface area contributed by atoms with Gasteiger partial charge < -0.3 is 15.1 Å². The van der Waals surface area contributed by atoms with Gasteiger partial charge in [-0.15, -0.1) is 10.2 Å². The zero-order valence-electron chi connectivity index (χ0n) is 16.7. The molecule has 1 amide bonds. The number of benzene rings is 1. The molecule has 1 aromatic carbocycles. The van der Waals surface area contributed by atoms with Crippen LogP contribution in [0.2, 0.25) is 0 Å². The van der Waals surface area contributed by atoms with E-state index in [4.69, 9.17) is 10.2 Å². The highest BCUT2D eigenvalue weighted by molar-refractivity contribution is 5.94. The van der Waals surface area contributed by atoms with E-state index in [1.165, 1.54) is 4.90 Å². The molecule has 0 saturated heterocycles. The van der Waals surface area contributed by atoms with Crippen molar-refractivity contribution in [3.63, 3.8) is 0 Å². The van der Waals surface area contributed by atoms with Crippen molar-refractivity contribution in [1.82, 2.24) is 30.0 Å². The van der Waals surface area contributed by atoms with Gasteiger partial charge in [-0.25, -0.2) is 9.97 Å². The number of aryl methyl sites for hydroxylation is 1. The smallest absolute Gasteiger partial charge is 0.268 e. The first-order chi connectivity index (χ1) is 14.4. The topological polar surface area (TPSA) is 124 Å². The van der Waals surface area contributed by atoms with Crippen LogP contribution in [0.15, 0.2) is 53.1 Å². The molecule has 0 spiro atoms. The van der Waals surface area contributed by atoms with Crippen molar-refractivity contribution in [2.24, 2.45) is 0 Å². The molecule has 4 aromatic rings. The van der Waals surface area contributed by atoms with Crippen LogP contribution in [0.25, 0.3) is 34.4 Å². The van der Waals surface area contributed by atoms with Crippen molar-refractivity contribution in [2.45, 2.75) is 6.92 Å². The van der Waals surface area contributed by atoms with Gasteiger partial charge in [0.05, 0.1) is 17.6 Å². The maximum absolute atomic E-state index is 12.1. The Morgan fingerprint density at radius 3 is 2.43 bits per heavy atom. The second-order valence-corrected chi connectivity index (χ2v) is 6.83. The van der Waals surface area contributed by atoms with Gasteiger partial charge in [0, 0.05) is 29.5 Å². The fourth-order valence-electron chi connectivity index (χ4n) is 2.83. The molecule has 0 unspecified atom stereocenters. The van der Waals surface area contributed by atoms with Crippen LogP contribution in [-0.2, 0) is 0 Å². The predicted molar refractivity (Wildman–Crippen MR) is 117 cm³/mol. The number of nitrogens with zero attached hydrogens (tertiary/aromatic N) is 6. The average molecular weight is 407 g/mol. The van der Waals surface area contributed by atoms with Gasteiger partial charge >= 0.3 is 0 Å². The largest absolute Gasteiger partial charge is 0.413 e. The summed E-state index contributed by atoms with van der Waals surface area (Å²) in [6.07, 6.45) is 1.67. The molecule has 3 aromatic heterocycles. The number of hydrogen-bond donors (Lipinski definition) is 1. The van der Waals surface area contributed by atoms with E-state index in [1.54, 1.807) is 50.6 Å². The molecule has 0 bridgehead atoms. The van der Waals surface area contributed by atoms with E-state index < -0.39 is 0 Å². The van der Waals surface area contributed by atoms with Crippen LogP contribution in [0, 0.1) is 6.92 Å². The molecule has 3 heterocycles. The van der Waals surface area contributed by atoms with E-state index in [2.05, 4.69) is 25.1 Å². The molecule has 30 heavy (non-hydrogen) atoms. The van der Waals surface area contributed by atoms with Crippen molar-refractivity contribution in [1.29, 1.82) is 0 Å². The average Bonchev–Trinajstić information content (AvgIpc) is 3.24. The van der Waals surface area contributed by atoms with Crippen LogP contribution in [0.5, 0.6) is 0 Å². The number of carbonyl (C=O) groups excluding carboxylic acids is 1. The minimum atomic E-state index is -0.0641. The summed E-state index contributed by atoms with van der Waals surface area (Å²) in [4.78, 5) is 26.9. The third kappa shape index (κ3) is 3.72. The van der Waals surface area contributed by atoms with E-state index >= 15 is 0 Å². The highest BCUT2D eigenvalue weighted by atomic mass is 16.4. The Balaban J connectivity index is 0.00000181. The molecule has 9 nitrogen and oxygen atoms in total. The van der Waals surface area contributed by atoms with Gasteiger partial charge in [0.1, 0.15) is 17.2 Å². The number of aromatic nitrogens is 5. The first-order valence-electron chi connectivity index (χ1n) is 9.15. The van der Waals surface area contributed by atoms with Crippen LogP contribution in [0.4, 0.5) is 5.82 Å². The van der Waals surface area contributed by atoms with E-state index in [9.17, 15) is 4.79 Å². The molecule has 0 atom stereocenters. The van der Waals surface area contributed by atoms with Gasteiger partial charge in [-0.3, -0.25) is 9.78 Å². The Hall–Kier alpha value is -4.14. The number of nitrogen functional groups attached to an aromatic ring is 1. The zero-order chi connectivity index (χ0) is 21.3. The van der Waals surface area contributed by atoms with Crippen LogP contribution in [0.1, 0.15) is 20.3 Å². The third-order valence-corrected chi connectivity index (χ3v) is 4.41. The summed E-state index contributed by atoms with van der Waals surface area (Å²) in [5.74, 6) is 0.781. The number of amides is 1. The van der Waals surface area contributed by atoms with E-state index in [1.807, 2.05) is 19.1 Å². The second kappa shape index (κ2) is 7.70. The molecule has 0 fully saturated rings. The van der Waals surface area contributed by atoms with Gasteiger partial charge in [0.25, 0.3) is 17.7 Å². The number of nitrogens with two attached hydrogens (primary N) is 1. The first-order valence-corrected chi connectivity index (χ1v) is 9.15. The Bertz CT molecular complexity index is 1230. The molecule has 0 aliphatic rings. The van der Waals surface area contributed by atoms with Crippen molar-refractivity contribution in [3.05, 3.63) is 59.9 Å². The summed E-state index contributed by atoms with van der Waals surface area (Å²) in [5.41, 5.74) is 9.37. The van der Waals surface area contributed by atoms with Gasteiger partial charge in [-0.2, -0.15) is 0 Å². The summed E-state index contributed by atoms with van der Waals surface area (Å²) in [5, 5.41) is 8.14. The van der Waals surface area contributed by atoms with E-state index in [0.29, 0.717) is 34.2 Å². The molecule has 156 valence electrons. The van der Waals surface area contributed by atoms with Gasteiger partial charge in [0.15, 0.2) is 0 Å².